The molecule has 0 spiro atoms. The van der Waals surface area contributed by atoms with E-state index in [4.69, 9.17) is 15.0 Å². The minimum absolute atomic E-state index is 0.342. The Morgan fingerprint density at radius 1 is 1.18 bits per heavy atom. The van der Waals surface area contributed by atoms with Gasteiger partial charge in [0.05, 0.1) is 5.54 Å². The second-order valence-corrected chi connectivity index (χ2v) is 5.34. The van der Waals surface area contributed by atoms with Crippen molar-refractivity contribution in [3.8, 4) is 0 Å². The number of rotatable bonds is 3. The van der Waals surface area contributed by atoms with E-state index in [-0.39, 0.29) is 11.1 Å². The van der Waals surface area contributed by atoms with E-state index in [0.29, 0.717) is 11.7 Å². The summed E-state index contributed by atoms with van der Waals surface area (Å²) in [5.41, 5.74) is 5.36. The molecule has 2 fully saturated rings. The first-order chi connectivity index (χ1) is 8.19. The summed E-state index contributed by atoms with van der Waals surface area (Å²) >= 11 is 0. The van der Waals surface area contributed by atoms with Crippen LogP contribution >= 0.6 is 0 Å². The summed E-state index contributed by atoms with van der Waals surface area (Å²) in [7, 11) is 1.73. The quantitative estimate of drug-likeness (QED) is 0.868. The van der Waals surface area contributed by atoms with Gasteiger partial charge in [0, 0.05) is 7.11 Å². The maximum Gasteiger partial charge on any atom is 0.246 e. The van der Waals surface area contributed by atoms with Crippen molar-refractivity contribution in [2.75, 3.05) is 7.11 Å². The molecule has 0 aliphatic heterocycles. The van der Waals surface area contributed by atoms with Crippen LogP contribution in [0.15, 0.2) is 4.52 Å². The number of nitrogens with zero attached hydrogens (tertiary/aromatic N) is 2. The normalized spacial score (nSPS) is 25.8. The zero-order valence-electron chi connectivity index (χ0n) is 10.2. The number of nitrogens with two attached hydrogens (primary N) is 1. The van der Waals surface area contributed by atoms with Crippen molar-refractivity contribution in [1.29, 1.82) is 0 Å². The lowest BCUT2D eigenvalue weighted by molar-refractivity contribution is -0.0527. The molecule has 5 heteroatoms. The summed E-state index contributed by atoms with van der Waals surface area (Å²) in [6, 6.07) is 0. The van der Waals surface area contributed by atoms with Crippen LogP contribution in [-0.2, 0) is 15.9 Å². The molecule has 1 aromatic heterocycles. The van der Waals surface area contributed by atoms with Gasteiger partial charge in [-0.2, -0.15) is 4.98 Å². The Labute approximate surface area is 101 Å². The van der Waals surface area contributed by atoms with Gasteiger partial charge in [0.2, 0.25) is 11.7 Å². The third kappa shape index (κ3) is 1.77. The van der Waals surface area contributed by atoms with Crippen LogP contribution in [0.3, 0.4) is 0 Å². The van der Waals surface area contributed by atoms with E-state index in [9.17, 15) is 0 Å². The molecule has 1 aromatic rings. The van der Waals surface area contributed by atoms with Gasteiger partial charge in [-0.05, 0) is 25.7 Å². The van der Waals surface area contributed by atoms with Gasteiger partial charge >= 0.3 is 0 Å². The second kappa shape index (κ2) is 3.78. The molecule has 0 atom stereocenters. The van der Waals surface area contributed by atoms with Crippen LogP contribution in [0.25, 0.3) is 0 Å². The molecule has 2 aliphatic rings. The highest BCUT2D eigenvalue weighted by molar-refractivity contribution is 5.14. The molecule has 0 amide bonds. The zero-order chi connectivity index (χ0) is 11.9. The molecule has 17 heavy (non-hydrogen) atoms. The molecule has 0 aromatic carbocycles. The Hall–Kier alpha value is -0.940. The standard InChI is InChI=1S/C12H19N3O2/c1-16-12(5-3-2-4-6-12)9-14-10(17-15-9)11(13)7-8-11/h2-8,13H2,1H3. The van der Waals surface area contributed by atoms with E-state index in [1.54, 1.807) is 7.11 Å². The van der Waals surface area contributed by atoms with Gasteiger partial charge in [-0.15, -0.1) is 0 Å². The van der Waals surface area contributed by atoms with E-state index < -0.39 is 0 Å². The van der Waals surface area contributed by atoms with E-state index in [0.717, 1.165) is 38.5 Å². The molecule has 0 saturated heterocycles. The lowest BCUT2D eigenvalue weighted by Crippen LogP contribution is -2.32. The van der Waals surface area contributed by atoms with Gasteiger partial charge in [-0.1, -0.05) is 24.4 Å². The monoisotopic (exact) mass is 237 g/mol. The number of hydrogen-bond donors (Lipinski definition) is 1. The molecular formula is C12H19N3O2. The van der Waals surface area contributed by atoms with Crippen molar-refractivity contribution in [3.05, 3.63) is 11.7 Å². The van der Waals surface area contributed by atoms with Crippen molar-refractivity contribution >= 4 is 0 Å². The summed E-state index contributed by atoms with van der Waals surface area (Å²) in [6.07, 6.45) is 7.40. The number of ether oxygens (including phenoxy) is 1. The molecule has 2 N–H and O–H groups in total. The third-order valence-corrected chi connectivity index (χ3v) is 4.10. The molecule has 94 valence electrons. The Morgan fingerprint density at radius 2 is 1.88 bits per heavy atom. The fourth-order valence-corrected chi connectivity index (χ4v) is 2.60. The smallest absolute Gasteiger partial charge is 0.246 e. The lowest BCUT2D eigenvalue weighted by Gasteiger charge is -2.32. The molecule has 1 heterocycles. The van der Waals surface area contributed by atoms with Crippen molar-refractivity contribution < 1.29 is 9.26 Å². The van der Waals surface area contributed by atoms with Crippen molar-refractivity contribution in [3.63, 3.8) is 0 Å². The fraction of sp³-hybridized carbons (Fsp3) is 0.833. The number of aromatic nitrogens is 2. The lowest BCUT2D eigenvalue weighted by atomic mass is 9.84. The highest BCUT2D eigenvalue weighted by Crippen LogP contribution is 2.44. The van der Waals surface area contributed by atoms with E-state index in [2.05, 4.69) is 10.1 Å². The Kier molecular flexibility index (Phi) is 2.48. The van der Waals surface area contributed by atoms with E-state index in [1.807, 2.05) is 0 Å². The van der Waals surface area contributed by atoms with Gasteiger partial charge < -0.3 is 15.0 Å². The van der Waals surface area contributed by atoms with Gasteiger partial charge in [0.1, 0.15) is 5.60 Å². The Bertz CT molecular complexity index is 406. The van der Waals surface area contributed by atoms with Crippen LogP contribution in [0, 0.1) is 0 Å². The van der Waals surface area contributed by atoms with Crippen molar-refractivity contribution in [2.45, 2.75) is 56.1 Å². The van der Waals surface area contributed by atoms with Crippen LogP contribution in [0.5, 0.6) is 0 Å². The third-order valence-electron chi connectivity index (χ3n) is 4.10. The Balaban J connectivity index is 1.88. The minimum atomic E-state index is -0.352. The molecule has 0 unspecified atom stereocenters. The fourth-order valence-electron chi connectivity index (χ4n) is 2.60. The Morgan fingerprint density at radius 3 is 2.47 bits per heavy atom. The van der Waals surface area contributed by atoms with Crippen LogP contribution < -0.4 is 5.73 Å². The van der Waals surface area contributed by atoms with Crippen LogP contribution in [0.2, 0.25) is 0 Å². The summed E-state index contributed by atoms with van der Waals surface area (Å²) in [6.45, 7) is 0. The first-order valence-corrected chi connectivity index (χ1v) is 6.37. The molecule has 5 nitrogen and oxygen atoms in total. The van der Waals surface area contributed by atoms with E-state index >= 15 is 0 Å². The predicted octanol–water partition coefficient (Wildman–Crippen LogP) is 1.82. The minimum Gasteiger partial charge on any atom is -0.370 e. The van der Waals surface area contributed by atoms with E-state index in [1.165, 1.54) is 6.42 Å². The molecule has 3 rings (SSSR count). The van der Waals surface area contributed by atoms with Gasteiger partial charge in [0.25, 0.3) is 0 Å². The van der Waals surface area contributed by atoms with Gasteiger partial charge in [-0.3, -0.25) is 0 Å². The molecular weight excluding hydrogens is 218 g/mol. The highest BCUT2D eigenvalue weighted by Gasteiger charge is 2.47. The molecule has 2 saturated carbocycles. The maximum absolute atomic E-state index is 6.06. The molecule has 2 aliphatic carbocycles. The first kappa shape index (κ1) is 11.2. The number of methoxy groups -OCH3 is 1. The van der Waals surface area contributed by atoms with Crippen LogP contribution in [0.1, 0.15) is 56.7 Å². The summed E-state index contributed by atoms with van der Waals surface area (Å²) < 4.78 is 11.0. The second-order valence-electron chi connectivity index (χ2n) is 5.34. The van der Waals surface area contributed by atoms with Crippen LogP contribution in [0.4, 0.5) is 0 Å². The maximum atomic E-state index is 6.06. The topological polar surface area (TPSA) is 74.2 Å². The first-order valence-electron chi connectivity index (χ1n) is 6.37. The summed E-state index contributed by atoms with van der Waals surface area (Å²) in [5, 5.41) is 4.10. The SMILES string of the molecule is COC1(c2noc(C3(N)CC3)n2)CCCCC1. The van der Waals surface area contributed by atoms with Crippen LogP contribution in [-0.4, -0.2) is 17.3 Å². The van der Waals surface area contributed by atoms with Gasteiger partial charge in [-0.25, -0.2) is 0 Å². The summed E-state index contributed by atoms with van der Waals surface area (Å²) in [5.74, 6) is 1.26. The zero-order valence-corrected chi connectivity index (χ0v) is 10.2. The predicted molar refractivity (Wildman–Crippen MR) is 61.2 cm³/mol. The average Bonchev–Trinajstić information content (AvgIpc) is 2.94. The average molecular weight is 237 g/mol. The van der Waals surface area contributed by atoms with Crippen molar-refractivity contribution in [1.82, 2.24) is 10.1 Å². The van der Waals surface area contributed by atoms with Crippen molar-refractivity contribution in [2.24, 2.45) is 5.73 Å². The van der Waals surface area contributed by atoms with Gasteiger partial charge in [0.15, 0.2) is 0 Å². The molecule has 0 bridgehead atoms. The molecule has 0 radical (unpaired) electrons. The summed E-state index contributed by atoms with van der Waals surface area (Å²) in [4.78, 5) is 4.48. The number of hydrogen-bond acceptors (Lipinski definition) is 5. The highest BCUT2D eigenvalue weighted by atomic mass is 16.5. The largest absolute Gasteiger partial charge is 0.370 e.